The van der Waals surface area contributed by atoms with Crippen LogP contribution < -0.4 is 5.73 Å². The molecule has 1 aromatic carbocycles. The molecule has 0 spiro atoms. The standard InChI is InChI=1S/C13H16BrF2N/c14-10-4-3-9(12(15)6-10)7-13(16)5-1-2-11(17)8-13/h3-4,6,11H,1-2,5,7-8,17H2. The van der Waals surface area contributed by atoms with E-state index in [4.69, 9.17) is 5.73 Å². The smallest absolute Gasteiger partial charge is 0.127 e. The molecule has 1 nitrogen and oxygen atoms in total. The minimum Gasteiger partial charge on any atom is -0.328 e. The zero-order chi connectivity index (χ0) is 12.5. The summed E-state index contributed by atoms with van der Waals surface area (Å²) in [7, 11) is 0. The largest absolute Gasteiger partial charge is 0.328 e. The van der Waals surface area contributed by atoms with Crippen LogP contribution in [-0.4, -0.2) is 11.7 Å². The Morgan fingerprint density at radius 1 is 1.47 bits per heavy atom. The van der Waals surface area contributed by atoms with Gasteiger partial charge in [-0.1, -0.05) is 22.0 Å². The van der Waals surface area contributed by atoms with Crippen LogP contribution in [0.1, 0.15) is 31.2 Å². The monoisotopic (exact) mass is 303 g/mol. The van der Waals surface area contributed by atoms with Crippen LogP contribution in [0, 0.1) is 5.82 Å². The highest BCUT2D eigenvalue weighted by atomic mass is 79.9. The second-order valence-electron chi connectivity index (χ2n) is 4.92. The van der Waals surface area contributed by atoms with Crippen molar-refractivity contribution in [2.75, 3.05) is 0 Å². The van der Waals surface area contributed by atoms with E-state index in [-0.39, 0.29) is 18.3 Å². The molecule has 2 atom stereocenters. The number of hydrogen-bond acceptors (Lipinski definition) is 1. The molecule has 2 N–H and O–H groups in total. The number of benzene rings is 1. The predicted molar refractivity (Wildman–Crippen MR) is 68.1 cm³/mol. The van der Waals surface area contributed by atoms with Crippen molar-refractivity contribution in [1.29, 1.82) is 0 Å². The van der Waals surface area contributed by atoms with Crippen LogP contribution in [0.4, 0.5) is 8.78 Å². The molecule has 2 unspecified atom stereocenters. The van der Waals surface area contributed by atoms with E-state index in [1.807, 2.05) is 0 Å². The van der Waals surface area contributed by atoms with Gasteiger partial charge < -0.3 is 5.73 Å². The Morgan fingerprint density at radius 2 is 2.24 bits per heavy atom. The van der Waals surface area contributed by atoms with Gasteiger partial charge in [0.2, 0.25) is 0 Å². The summed E-state index contributed by atoms with van der Waals surface area (Å²) in [5.41, 5.74) is 4.88. The Balaban J connectivity index is 2.14. The van der Waals surface area contributed by atoms with Crippen molar-refractivity contribution in [2.45, 2.75) is 43.8 Å². The van der Waals surface area contributed by atoms with E-state index in [9.17, 15) is 8.78 Å². The molecular formula is C13H16BrF2N. The average molecular weight is 304 g/mol. The molecule has 0 bridgehead atoms. The quantitative estimate of drug-likeness (QED) is 0.885. The molecule has 1 aromatic rings. The molecule has 0 aromatic heterocycles. The number of halogens is 3. The SMILES string of the molecule is NC1CCCC(F)(Cc2ccc(Br)cc2F)C1. The first-order valence-electron chi connectivity index (χ1n) is 5.87. The normalized spacial score (nSPS) is 29.3. The van der Waals surface area contributed by atoms with Crippen molar-refractivity contribution in [3.8, 4) is 0 Å². The summed E-state index contributed by atoms with van der Waals surface area (Å²) in [6.45, 7) is 0. The summed E-state index contributed by atoms with van der Waals surface area (Å²) in [5, 5.41) is 0. The topological polar surface area (TPSA) is 26.0 Å². The molecule has 1 fully saturated rings. The van der Waals surface area contributed by atoms with Crippen molar-refractivity contribution in [2.24, 2.45) is 5.73 Å². The summed E-state index contributed by atoms with van der Waals surface area (Å²) in [6, 6.07) is 4.67. The maximum Gasteiger partial charge on any atom is 0.127 e. The van der Waals surface area contributed by atoms with E-state index in [2.05, 4.69) is 15.9 Å². The van der Waals surface area contributed by atoms with Crippen LogP contribution in [0.15, 0.2) is 22.7 Å². The van der Waals surface area contributed by atoms with Gasteiger partial charge in [0.15, 0.2) is 0 Å². The molecule has 1 aliphatic carbocycles. The second kappa shape index (κ2) is 5.02. The molecule has 0 aliphatic heterocycles. The first-order valence-corrected chi connectivity index (χ1v) is 6.66. The third-order valence-corrected chi connectivity index (χ3v) is 3.84. The van der Waals surface area contributed by atoms with Crippen molar-refractivity contribution >= 4 is 15.9 Å². The molecule has 4 heteroatoms. The van der Waals surface area contributed by atoms with E-state index >= 15 is 0 Å². The van der Waals surface area contributed by atoms with Crippen molar-refractivity contribution in [3.05, 3.63) is 34.1 Å². The summed E-state index contributed by atoms with van der Waals surface area (Å²) in [6.07, 6.45) is 2.60. The highest BCUT2D eigenvalue weighted by Gasteiger charge is 2.35. The highest BCUT2D eigenvalue weighted by molar-refractivity contribution is 9.10. The van der Waals surface area contributed by atoms with Gasteiger partial charge in [0.25, 0.3) is 0 Å². The van der Waals surface area contributed by atoms with Gasteiger partial charge in [0.05, 0.1) is 0 Å². The predicted octanol–water partition coefficient (Wildman–Crippen LogP) is 3.74. The van der Waals surface area contributed by atoms with Gasteiger partial charge >= 0.3 is 0 Å². The first-order chi connectivity index (χ1) is 7.98. The lowest BCUT2D eigenvalue weighted by atomic mass is 9.80. The lowest BCUT2D eigenvalue weighted by Crippen LogP contribution is -2.39. The fourth-order valence-corrected chi connectivity index (χ4v) is 2.86. The molecular weight excluding hydrogens is 288 g/mol. The lowest BCUT2D eigenvalue weighted by Gasteiger charge is -2.33. The van der Waals surface area contributed by atoms with Crippen LogP contribution in [0.2, 0.25) is 0 Å². The number of rotatable bonds is 2. The lowest BCUT2D eigenvalue weighted by molar-refractivity contribution is 0.0954. The van der Waals surface area contributed by atoms with Crippen molar-refractivity contribution in [1.82, 2.24) is 0 Å². The minimum absolute atomic E-state index is 0.0905. The van der Waals surface area contributed by atoms with Crippen LogP contribution in [0.25, 0.3) is 0 Å². The maximum atomic E-state index is 14.5. The third kappa shape index (κ3) is 3.26. The summed E-state index contributed by atoms with van der Waals surface area (Å²) < 4.78 is 28.8. The van der Waals surface area contributed by atoms with Gasteiger partial charge in [-0.25, -0.2) is 8.78 Å². The fourth-order valence-electron chi connectivity index (χ4n) is 2.52. The Bertz CT molecular complexity index is 410. The summed E-state index contributed by atoms with van der Waals surface area (Å²) in [4.78, 5) is 0. The molecule has 1 saturated carbocycles. The molecule has 17 heavy (non-hydrogen) atoms. The van der Waals surface area contributed by atoms with E-state index < -0.39 is 5.67 Å². The van der Waals surface area contributed by atoms with Crippen LogP contribution >= 0.6 is 15.9 Å². The van der Waals surface area contributed by atoms with E-state index in [0.29, 0.717) is 22.9 Å². The molecule has 0 heterocycles. The van der Waals surface area contributed by atoms with E-state index in [1.54, 1.807) is 12.1 Å². The maximum absolute atomic E-state index is 14.5. The average Bonchev–Trinajstić information content (AvgIpc) is 2.22. The fraction of sp³-hybridized carbons (Fsp3) is 0.538. The third-order valence-electron chi connectivity index (χ3n) is 3.35. The number of hydrogen-bond donors (Lipinski definition) is 1. The van der Waals surface area contributed by atoms with Gasteiger partial charge in [0.1, 0.15) is 11.5 Å². The number of alkyl halides is 1. The molecule has 0 amide bonds. The van der Waals surface area contributed by atoms with Crippen molar-refractivity contribution in [3.63, 3.8) is 0 Å². The summed E-state index contributed by atoms with van der Waals surface area (Å²) in [5.74, 6) is -0.351. The highest BCUT2D eigenvalue weighted by Crippen LogP contribution is 2.35. The van der Waals surface area contributed by atoms with Crippen LogP contribution in [-0.2, 0) is 6.42 Å². The second-order valence-corrected chi connectivity index (χ2v) is 5.84. The molecule has 94 valence electrons. The Morgan fingerprint density at radius 3 is 2.88 bits per heavy atom. The van der Waals surface area contributed by atoms with Crippen molar-refractivity contribution < 1.29 is 8.78 Å². The van der Waals surface area contributed by atoms with Gasteiger partial charge in [-0.05, 0) is 43.4 Å². The summed E-state index contributed by atoms with van der Waals surface area (Å²) >= 11 is 3.19. The molecule has 1 aliphatic rings. The van der Waals surface area contributed by atoms with Gasteiger partial charge in [0, 0.05) is 16.9 Å². The zero-order valence-electron chi connectivity index (χ0n) is 9.56. The van der Waals surface area contributed by atoms with Crippen LogP contribution in [0.3, 0.4) is 0 Å². The Labute approximate surface area is 109 Å². The Kier molecular flexibility index (Phi) is 3.83. The van der Waals surface area contributed by atoms with Gasteiger partial charge in [-0.3, -0.25) is 0 Å². The zero-order valence-corrected chi connectivity index (χ0v) is 11.1. The molecule has 0 radical (unpaired) electrons. The van der Waals surface area contributed by atoms with E-state index in [0.717, 1.165) is 12.8 Å². The van der Waals surface area contributed by atoms with Gasteiger partial charge in [-0.2, -0.15) is 0 Å². The van der Waals surface area contributed by atoms with E-state index in [1.165, 1.54) is 6.07 Å². The first kappa shape index (κ1) is 13.0. The van der Waals surface area contributed by atoms with Crippen LogP contribution in [0.5, 0.6) is 0 Å². The number of nitrogens with two attached hydrogens (primary N) is 1. The van der Waals surface area contributed by atoms with Gasteiger partial charge in [-0.15, -0.1) is 0 Å². The minimum atomic E-state index is -1.34. The Hall–Kier alpha value is -0.480. The molecule has 2 rings (SSSR count). The molecule has 0 saturated heterocycles.